The SMILES string of the molecule is CC(C)Cc1cc(C(=O)N2CCOC(COc3cccc(Cl)c3)(CC(=O)N3CCOCC3)C2)on1. The molecular formula is C25H32ClN3O6. The molecule has 2 aliphatic rings. The molecule has 4 rings (SSSR count). The van der Waals surface area contributed by atoms with E-state index in [1.165, 1.54) is 0 Å². The molecule has 1 aromatic heterocycles. The van der Waals surface area contributed by atoms with Crippen molar-refractivity contribution in [3.05, 3.63) is 46.8 Å². The average Bonchev–Trinajstić information content (AvgIpc) is 3.31. The van der Waals surface area contributed by atoms with E-state index in [0.717, 1.165) is 12.1 Å². The van der Waals surface area contributed by atoms with E-state index in [4.69, 9.17) is 30.3 Å². The third-order valence-electron chi connectivity index (χ3n) is 6.06. The number of nitrogens with zero attached hydrogens (tertiary/aromatic N) is 3. The Morgan fingerprint density at radius 1 is 1.14 bits per heavy atom. The predicted molar refractivity (Wildman–Crippen MR) is 129 cm³/mol. The highest BCUT2D eigenvalue weighted by atomic mass is 35.5. The number of carbonyl (C=O) groups is 2. The van der Waals surface area contributed by atoms with Gasteiger partial charge in [-0.1, -0.05) is 36.7 Å². The minimum Gasteiger partial charge on any atom is -0.490 e. The molecule has 2 aromatic rings. The van der Waals surface area contributed by atoms with Crippen molar-refractivity contribution in [1.29, 1.82) is 0 Å². The van der Waals surface area contributed by atoms with Gasteiger partial charge in [0.25, 0.3) is 5.91 Å². The van der Waals surface area contributed by atoms with E-state index in [9.17, 15) is 9.59 Å². The second kappa shape index (κ2) is 11.4. The minimum absolute atomic E-state index is 0.0591. The summed E-state index contributed by atoms with van der Waals surface area (Å²) in [5, 5.41) is 4.58. The second-order valence-corrected chi connectivity index (χ2v) is 9.89. The zero-order valence-corrected chi connectivity index (χ0v) is 21.0. The Balaban J connectivity index is 1.51. The van der Waals surface area contributed by atoms with Crippen molar-refractivity contribution in [1.82, 2.24) is 15.0 Å². The Morgan fingerprint density at radius 2 is 1.91 bits per heavy atom. The summed E-state index contributed by atoms with van der Waals surface area (Å²) in [5.74, 6) is 0.815. The van der Waals surface area contributed by atoms with Crippen molar-refractivity contribution in [2.75, 3.05) is 52.6 Å². The molecule has 2 fully saturated rings. The zero-order valence-electron chi connectivity index (χ0n) is 20.2. The number of morpholine rings is 2. The number of ether oxygens (including phenoxy) is 3. The molecule has 0 saturated carbocycles. The number of hydrogen-bond donors (Lipinski definition) is 0. The van der Waals surface area contributed by atoms with Crippen LogP contribution in [0.15, 0.2) is 34.9 Å². The molecule has 1 atom stereocenters. The van der Waals surface area contributed by atoms with Gasteiger partial charge in [0.2, 0.25) is 11.7 Å². The molecule has 3 heterocycles. The fraction of sp³-hybridized carbons (Fsp3) is 0.560. The maximum atomic E-state index is 13.3. The summed E-state index contributed by atoms with van der Waals surface area (Å²) in [6.07, 6.45) is 0.803. The number of amides is 2. The van der Waals surface area contributed by atoms with Crippen LogP contribution < -0.4 is 4.74 Å². The van der Waals surface area contributed by atoms with E-state index in [2.05, 4.69) is 19.0 Å². The molecule has 1 unspecified atom stereocenters. The zero-order chi connectivity index (χ0) is 24.8. The van der Waals surface area contributed by atoms with E-state index in [-0.39, 0.29) is 43.8 Å². The van der Waals surface area contributed by atoms with Gasteiger partial charge in [-0.15, -0.1) is 0 Å². The smallest absolute Gasteiger partial charge is 0.292 e. The molecule has 35 heavy (non-hydrogen) atoms. The van der Waals surface area contributed by atoms with Gasteiger partial charge >= 0.3 is 0 Å². The molecule has 0 aliphatic carbocycles. The van der Waals surface area contributed by atoms with Crippen LogP contribution in [0.2, 0.25) is 5.02 Å². The highest BCUT2D eigenvalue weighted by Crippen LogP contribution is 2.27. The highest BCUT2D eigenvalue weighted by molar-refractivity contribution is 6.30. The number of aromatic nitrogens is 1. The summed E-state index contributed by atoms with van der Waals surface area (Å²) in [4.78, 5) is 29.8. The van der Waals surface area contributed by atoms with Crippen LogP contribution in [0.25, 0.3) is 0 Å². The average molecular weight is 506 g/mol. The van der Waals surface area contributed by atoms with Gasteiger partial charge in [0, 0.05) is 30.7 Å². The van der Waals surface area contributed by atoms with Crippen LogP contribution >= 0.6 is 11.6 Å². The van der Waals surface area contributed by atoms with Gasteiger partial charge in [-0.3, -0.25) is 9.59 Å². The Morgan fingerprint density at radius 3 is 2.66 bits per heavy atom. The molecule has 0 bridgehead atoms. The van der Waals surface area contributed by atoms with Crippen molar-refractivity contribution in [3.8, 4) is 5.75 Å². The van der Waals surface area contributed by atoms with Crippen LogP contribution in [-0.4, -0.2) is 85.0 Å². The lowest BCUT2D eigenvalue weighted by molar-refractivity contribution is -0.155. The van der Waals surface area contributed by atoms with Crippen molar-refractivity contribution >= 4 is 23.4 Å². The van der Waals surface area contributed by atoms with E-state index < -0.39 is 5.60 Å². The van der Waals surface area contributed by atoms with Gasteiger partial charge in [0.15, 0.2) is 0 Å². The molecule has 190 valence electrons. The van der Waals surface area contributed by atoms with Crippen molar-refractivity contribution in [2.45, 2.75) is 32.3 Å². The largest absolute Gasteiger partial charge is 0.490 e. The molecule has 2 amide bonds. The van der Waals surface area contributed by atoms with Gasteiger partial charge < -0.3 is 28.5 Å². The van der Waals surface area contributed by atoms with Gasteiger partial charge in [0.1, 0.15) is 18.0 Å². The standard InChI is InChI=1S/C25H32ClN3O6/c1-18(2)12-20-14-22(35-27-20)24(31)29-8-11-34-25(16-29,15-23(30)28-6-9-32-10-7-28)17-33-21-5-3-4-19(26)13-21/h3-5,13-14,18H,6-12,15-17H2,1-2H3. The first-order valence-electron chi connectivity index (χ1n) is 12.0. The first-order valence-corrected chi connectivity index (χ1v) is 12.3. The van der Waals surface area contributed by atoms with Crippen molar-refractivity contribution in [3.63, 3.8) is 0 Å². The van der Waals surface area contributed by atoms with E-state index >= 15 is 0 Å². The fourth-order valence-corrected chi connectivity index (χ4v) is 4.50. The predicted octanol–water partition coefficient (Wildman–Crippen LogP) is 3.07. The van der Waals surface area contributed by atoms with Gasteiger partial charge in [-0.25, -0.2) is 0 Å². The van der Waals surface area contributed by atoms with E-state index in [1.54, 1.807) is 40.1 Å². The minimum atomic E-state index is -1.02. The van der Waals surface area contributed by atoms with Gasteiger partial charge in [0.05, 0.1) is 38.5 Å². The number of halogens is 1. The molecule has 0 N–H and O–H groups in total. The van der Waals surface area contributed by atoms with Gasteiger partial charge in [-0.2, -0.15) is 0 Å². The molecule has 0 spiro atoms. The molecule has 2 saturated heterocycles. The second-order valence-electron chi connectivity index (χ2n) is 9.45. The van der Waals surface area contributed by atoms with Crippen LogP contribution in [0, 0.1) is 5.92 Å². The summed E-state index contributed by atoms with van der Waals surface area (Å²) in [7, 11) is 0. The number of benzene rings is 1. The summed E-state index contributed by atoms with van der Waals surface area (Å²) in [6.45, 7) is 7.16. The quantitative estimate of drug-likeness (QED) is 0.544. The molecule has 9 nitrogen and oxygen atoms in total. The Bertz CT molecular complexity index is 1020. The van der Waals surface area contributed by atoms with Crippen molar-refractivity contribution < 1.29 is 28.3 Å². The summed E-state index contributed by atoms with van der Waals surface area (Å²) in [6, 6.07) is 8.74. The summed E-state index contributed by atoms with van der Waals surface area (Å²) < 4.78 is 22.9. The molecular weight excluding hydrogens is 474 g/mol. The first-order chi connectivity index (χ1) is 16.8. The number of hydrogen-bond acceptors (Lipinski definition) is 7. The summed E-state index contributed by atoms with van der Waals surface area (Å²) >= 11 is 6.10. The van der Waals surface area contributed by atoms with Crippen LogP contribution in [0.5, 0.6) is 5.75 Å². The number of rotatable bonds is 8. The number of carbonyl (C=O) groups excluding carboxylic acids is 2. The van der Waals surface area contributed by atoms with Crippen LogP contribution in [0.3, 0.4) is 0 Å². The molecule has 1 aromatic carbocycles. The maximum absolute atomic E-state index is 13.3. The molecule has 0 radical (unpaired) electrons. The lowest BCUT2D eigenvalue weighted by Crippen LogP contribution is -2.58. The lowest BCUT2D eigenvalue weighted by atomic mass is 9.96. The monoisotopic (exact) mass is 505 g/mol. The van der Waals surface area contributed by atoms with Crippen LogP contribution in [0.4, 0.5) is 0 Å². The van der Waals surface area contributed by atoms with E-state index in [0.29, 0.717) is 49.5 Å². The Hall–Kier alpha value is -2.62. The van der Waals surface area contributed by atoms with Gasteiger partial charge in [-0.05, 0) is 30.5 Å². The molecule has 10 heteroatoms. The normalized spacial score (nSPS) is 20.8. The Labute approximate surface area is 210 Å². The lowest BCUT2D eigenvalue weighted by Gasteiger charge is -2.42. The summed E-state index contributed by atoms with van der Waals surface area (Å²) in [5.41, 5.74) is -0.276. The Kier molecular flexibility index (Phi) is 8.30. The first kappa shape index (κ1) is 25.5. The van der Waals surface area contributed by atoms with Crippen LogP contribution in [0.1, 0.15) is 36.5 Å². The fourth-order valence-electron chi connectivity index (χ4n) is 4.32. The maximum Gasteiger partial charge on any atom is 0.292 e. The third-order valence-corrected chi connectivity index (χ3v) is 6.29. The topological polar surface area (TPSA) is 94.3 Å². The van der Waals surface area contributed by atoms with E-state index in [1.807, 2.05) is 0 Å². The van der Waals surface area contributed by atoms with Crippen LogP contribution in [-0.2, 0) is 20.7 Å². The highest BCUT2D eigenvalue weighted by Gasteiger charge is 2.43. The molecule has 2 aliphatic heterocycles. The third kappa shape index (κ3) is 6.74. The van der Waals surface area contributed by atoms with Crippen molar-refractivity contribution in [2.24, 2.45) is 5.92 Å².